The Morgan fingerprint density at radius 1 is 0.649 bits per heavy atom. The molecule has 57 heavy (non-hydrogen) atoms. The lowest BCUT2D eigenvalue weighted by Gasteiger charge is -2.19. The summed E-state index contributed by atoms with van der Waals surface area (Å²) in [4.78, 5) is 34.8. The maximum absolute atomic E-state index is 12.5. The quantitative estimate of drug-likeness (QED) is 0.0153. The Hall–Kier alpha value is -2.63. The van der Waals surface area contributed by atoms with Gasteiger partial charge in [0.05, 0.1) is 25.4 Å². The molecule has 0 spiro atoms. The van der Waals surface area contributed by atoms with Gasteiger partial charge < -0.3 is 30.3 Å². The van der Waals surface area contributed by atoms with E-state index in [1.165, 1.54) is 70.6 Å². The summed E-state index contributed by atoms with van der Waals surface area (Å²) in [6.07, 6.45) is 42.6. The minimum Gasteiger partial charge on any atom is -0.462 e. The van der Waals surface area contributed by atoms with E-state index in [1.807, 2.05) is 60.8 Å². The summed E-state index contributed by atoms with van der Waals surface area (Å²) in [5.74, 6) is -0.973. The molecule has 0 rings (SSSR count). The average molecular weight is 824 g/mol. The summed E-state index contributed by atoms with van der Waals surface area (Å²) in [5, 5.41) is 19.2. The molecule has 0 saturated heterocycles. The largest absolute Gasteiger partial charge is 0.472 e. The van der Waals surface area contributed by atoms with Crippen molar-refractivity contribution >= 4 is 19.8 Å². The number of hydrogen-bond donors (Lipinski definition) is 4. The Morgan fingerprint density at radius 2 is 1.21 bits per heavy atom. The number of nitrogens with two attached hydrogens (primary N) is 1. The van der Waals surface area contributed by atoms with Crippen LogP contribution in [0.4, 0.5) is 0 Å². The predicted octanol–water partition coefficient (Wildman–Crippen LogP) is 10.2. The molecule has 0 aromatic rings. The van der Waals surface area contributed by atoms with Gasteiger partial charge in [0.15, 0.2) is 6.10 Å². The standard InChI is InChI=1S/C45H78NO10P/c1-3-4-5-6-7-8-9-10-11-12-13-17-20-23-30-35-44(49)53-39-43(40-55-57(51,52)54-38-37-46)56-45(50)36-31-24-21-18-15-14-16-19-22-28-33-42(48)34-29-26-25-27-32-41(2)47/h14-15,19,21-22,24,26-29,32-33,41-43,47-48H,3-13,16-18,20,23,25,30-31,34-40,46H2,1-2H3,(H,51,52)/b15-14+,22-19+,24-21+,29-26+,32-27-,33-28-. The first-order valence-corrected chi connectivity index (χ1v) is 23.1. The van der Waals surface area contributed by atoms with Crippen molar-refractivity contribution in [3.05, 3.63) is 72.9 Å². The zero-order valence-corrected chi connectivity index (χ0v) is 36.2. The molecule has 0 bridgehead atoms. The first-order chi connectivity index (χ1) is 27.6. The number of allylic oxidation sites excluding steroid dienone is 9. The Labute approximate surface area is 345 Å². The number of phosphoric acid groups is 1. The molecule has 4 unspecified atom stereocenters. The number of hydrogen-bond acceptors (Lipinski definition) is 10. The number of ether oxygens (including phenoxy) is 2. The van der Waals surface area contributed by atoms with Crippen LogP contribution >= 0.6 is 7.82 Å². The number of carbonyl (C=O) groups is 2. The lowest BCUT2D eigenvalue weighted by atomic mass is 10.0. The van der Waals surface area contributed by atoms with Gasteiger partial charge in [0, 0.05) is 19.4 Å². The molecule has 0 fully saturated rings. The third kappa shape index (κ3) is 41.3. The molecule has 0 aromatic heterocycles. The number of carbonyl (C=O) groups excluding carboxylic acids is 2. The van der Waals surface area contributed by atoms with Gasteiger partial charge in [-0.2, -0.15) is 0 Å². The molecule has 0 aliphatic carbocycles. The molecule has 0 aliphatic rings. The van der Waals surface area contributed by atoms with E-state index in [2.05, 4.69) is 6.92 Å². The third-order valence-corrected chi connectivity index (χ3v) is 9.70. The molecule has 4 atom stereocenters. The Bertz CT molecular complexity index is 1200. The van der Waals surface area contributed by atoms with Crippen LogP contribution in [0.25, 0.3) is 0 Å². The molecule has 0 saturated carbocycles. The number of unbranched alkanes of at least 4 members (excludes halogenated alkanes) is 14. The number of esters is 2. The molecule has 0 amide bonds. The lowest BCUT2D eigenvalue weighted by molar-refractivity contribution is -0.161. The highest BCUT2D eigenvalue weighted by Gasteiger charge is 2.25. The molecular formula is C45H78NO10P. The fourth-order valence-electron chi connectivity index (χ4n) is 5.52. The van der Waals surface area contributed by atoms with E-state index in [-0.39, 0.29) is 32.6 Å². The second-order valence-electron chi connectivity index (χ2n) is 14.3. The van der Waals surface area contributed by atoms with Gasteiger partial charge in [-0.05, 0) is 45.4 Å². The van der Waals surface area contributed by atoms with Gasteiger partial charge in [-0.1, -0.05) is 170 Å². The highest BCUT2D eigenvalue weighted by Crippen LogP contribution is 2.43. The van der Waals surface area contributed by atoms with Crippen molar-refractivity contribution in [1.82, 2.24) is 0 Å². The third-order valence-electron chi connectivity index (χ3n) is 8.71. The van der Waals surface area contributed by atoms with E-state index in [0.717, 1.165) is 32.1 Å². The van der Waals surface area contributed by atoms with Crippen LogP contribution in [-0.4, -0.2) is 71.7 Å². The molecule has 12 heteroatoms. The molecule has 11 nitrogen and oxygen atoms in total. The molecule has 0 radical (unpaired) electrons. The van der Waals surface area contributed by atoms with E-state index in [1.54, 1.807) is 19.1 Å². The van der Waals surface area contributed by atoms with Gasteiger partial charge in [0.1, 0.15) is 6.61 Å². The Morgan fingerprint density at radius 3 is 1.82 bits per heavy atom. The first kappa shape index (κ1) is 54.4. The fourth-order valence-corrected chi connectivity index (χ4v) is 6.29. The molecular weight excluding hydrogens is 745 g/mol. The second kappa shape index (κ2) is 40.2. The smallest absolute Gasteiger partial charge is 0.462 e. The van der Waals surface area contributed by atoms with Crippen LogP contribution in [0.5, 0.6) is 0 Å². The minimum absolute atomic E-state index is 0.0263. The monoisotopic (exact) mass is 824 g/mol. The Kier molecular flexibility index (Phi) is 38.3. The van der Waals surface area contributed by atoms with Crippen LogP contribution < -0.4 is 5.73 Å². The maximum atomic E-state index is 12.5. The number of phosphoric ester groups is 1. The molecule has 5 N–H and O–H groups in total. The highest BCUT2D eigenvalue weighted by atomic mass is 31.2. The van der Waals surface area contributed by atoms with Crippen LogP contribution in [0, 0.1) is 0 Å². The maximum Gasteiger partial charge on any atom is 0.472 e. The summed E-state index contributed by atoms with van der Waals surface area (Å²) < 4.78 is 32.6. The van der Waals surface area contributed by atoms with Crippen molar-refractivity contribution in [1.29, 1.82) is 0 Å². The van der Waals surface area contributed by atoms with Gasteiger partial charge >= 0.3 is 19.8 Å². The van der Waals surface area contributed by atoms with Gasteiger partial charge in [0.25, 0.3) is 0 Å². The molecule has 0 aliphatic heterocycles. The Balaban J connectivity index is 4.36. The van der Waals surface area contributed by atoms with Crippen LogP contribution in [0.15, 0.2) is 72.9 Å². The zero-order chi connectivity index (χ0) is 42.1. The van der Waals surface area contributed by atoms with Crippen LogP contribution in [0.3, 0.4) is 0 Å². The summed E-state index contributed by atoms with van der Waals surface area (Å²) in [5.41, 5.74) is 5.33. The normalized spacial score (nSPS) is 15.1. The molecule has 0 aromatic carbocycles. The first-order valence-electron chi connectivity index (χ1n) is 21.6. The molecule has 328 valence electrons. The molecule has 0 heterocycles. The summed E-state index contributed by atoms with van der Waals surface area (Å²) in [7, 11) is -4.42. The zero-order valence-electron chi connectivity index (χ0n) is 35.3. The van der Waals surface area contributed by atoms with Crippen molar-refractivity contribution in [2.45, 2.75) is 173 Å². The van der Waals surface area contributed by atoms with Gasteiger partial charge in [-0.25, -0.2) is 4.57 Å². The highest BCUT2D eigenvalue weighted by molar-refractivity contribution is 7.47. The average Bonchev–Trinajstić information content (AvgIpc) is 3.18. The second-order valence-corrected chi connectivity index (χ2v) is 15.8. The number of rotatable bonds is 39. The van der Waals surface area contributed by atoms with Crippen LogP contribution in [0.1, 0.15) is 155 Å². The van der Waals surface area contributed by atoms with Crippen molar-refractivity contribution in [3.63, 3.8) is 0 Å². The fraction of sp³-hybridized carbons (Fsp3) is 0.689. The summed E-state index contributed by atoms with van der Waals surface area (Å²) >= 11 is 0. The van der Waals surface area contributed by atoms with Gasteiger partial charge in [-0.15, -0.1) is 0 Å². The summed E-state index contributed by atoms with van der Waals surface area (Å²) in [6, 6.07) is 0. The number of aliphatic hydroxyl groups is 2. The van der Waals surface area contributed by atoms with Crippen molar-refractivity contribution < 1.29 is 47.8 Å². The van der Waals surface area contributed by atoms with E-state index < -0.39 is 44.7 Å². The van der Waals surface area contributed by atoms with E-state index in [0.29, 0.717) is 25.7 Å². The predicted molar refractivity (Wildman–Crippen MR) is 231 cm³/mol. The van der Waals surface area contributed by atoms with Gasteiger partial charge in [-0.3, -0.25) is 18.6 Å². The van der Waals surface area contributed by atoms with E-state index in [9.17, 15) is 29.3 Å². The van der Waals surface area contributed by atoms with E-state index in [4.69, 9.17) is 24.3 Å². The van der Waals surface area contributed by atoms with Crippen molar-refractivity contribution in [2.75, 3.05) is 26.4 Å². The SMILES string of the molecule is CCCCCCCCCCCCCCCCCC(=O)OCC(COP(=O)(O)OCCN)OC(=O)CC/C=C/C/C=C/C/C=C/C=C\C(O)C/C=C/C/C=C\C(C)O. The van der Waals surface area contributed by atoms with Gasteiger partial charge in [0.2, 0.25) is 0 Å². The van der Waals surface area contributed by atoms with Crippen LogP contribution in [-0.2, 0) is 32.7 Å². The van der Waals surface area contributed by atoms with Crippen molar-refractivity contribution in [3.8, 4) is 0 Å². The van der Waals surface area contributed by atoms with Crippen LogP contribution in [0.2, 0.25) is 0 Å². The van der Waals surface area contributed by atoms with Crippen molar-refractivity contribution in [2.24, 2.45) is 5.73 Å². The van der Waals surface area contributed by atoms with E-state index >= 15 is 0 Å². The lowest BCUT2D eigenvalue weighted by Crippen LogP contribution is -2.29. The summed E-state index contributed by atoms with van der Waals surface area (Å²) in [6.45, 7) is 3.01. The minimum atomic E-state index is -4.42. The topological polar surface area (TPSA) is 175 Å². The number of aliphatic hydroxyl groups excluding tert-OH is 2.